The molecule has 0 spiro atoms. The second kappa shape index (κ2) is 59.2. The molecule has 0 radical (unpaired) electrons. The summed E-state index contributed by atoms with van der Waals surface area (Å²) in [5.74, 6) is -1.18. The number of esters is 1. The molecule has 0 aliphatic carbocycles. The molecule has 0 aromatic rings. The molecule has 1 rings (SSSR count). The molecule has 482 valence electrons. The van der Waals surface area contributed by atoms with Crippen LogP contribution in [0.5, 0.6) is 0 Å². The molecule has 82 heavy (non-hydrogen) atoms. The van der Waals surface area contributed by atoms with E-state index in [1.807, 2.05) is 6.08 Å². The first kappa shape index (κ1) is 77.9. The molecule has 1 saturated heterocycles. The van der Waals surface area contributed by atoms with Crippen LogP contribution in [0.25, 0.3) is 0 Å². The summed E-state index contributed by atoms with van der Waals surface area (Å²) in [4.78, 5) is 26.6. The highest BCUT2D eigenvalue weighted by Crippen LogP contribution is 2.26. The summed E-state index contributed by atoms with van der Waals surface area (Å²) < 4.78 is 17.7. The number of unbranched alkanes of at least 4 members (excludes halogenated alkanes) is 43. The predicted molar refractivity (Wildman–Crippen MR) is 343 cm³/mol. The lowest BCUT2D eigenvalue weighted by molar-refractivity contribution is -0.305. The molecule has 1 amide bonds. The van der Waals surface area contributed by atoms with E-state index in [2.05, 4.69) is 50.4 Å². The van der Waals surface area contributed by atoms with Crippen molar-refractivity contribution in [2.75, 3.05) is 13.2 Å². The van der Waals surface area contributed by atoms with E-state index in [4.69, 9.17) is 14.2 Å². The van der Waals surface area contributed by atoms with Crippen LogP contribution in [0.4, 0.5) is 0 Å². The quantitative estimate of drug-likeness (QED) is 0.0195. The highest BCUT2D eigenvalue weighted by molar-refractivity contribution is 5.80. The fraction of sp³-hybridized carbons (Fsp3) is 0.887. The van der Waals surface area contributed by atoms with Crippen LogP contribution < -0.4 is 5.32 Å². The Morgan fingerprint density at radius 1 is 0.463 bits per heavy atom. The van der Waals surface area contributed by atoms with Crippen molar-refractivity contribution in [3.05, 3.63) is 36.5 Å². The fourth-order valence-electron chi connectivity index (χ4n) is 11.2. The van der Waals surface area contributed by atoms with Gasteiger partial charge in [-0.2, -0.15) is 0 Å². The molecule has 1 aliphatic rings. The van der Waals surface area contributed by atoms with Gasteiger partial charge in [-0.25, -0.2) is 0 Å². The molecule has 1 fully saturated rings. The Labute approximate surface area is 504 Å². The molecule has 0 aromatic carbocycles. The van der Waals surface area contributed by atoms with Gasteiger partial charge in [0.25, 0.3) is 0 Å². The molecular formula is C71H133NO10. The third-order valence-electron chi connectivity index (χ3n) is 16.8. The van der Waals surface area contributed by atoms with Gasteiger partial charge in [-0.3, -0.25) is 9.59 Å². The van der Waals surface area contributed by atoms with E-state index in [0.717, 1.165) is 70.6 Å². The maximum atomic E-state index is 13.4. The second-order valence-corrected chi connectivity index (χ2v) is 24.6. The van der Waals surface area contributed by atoms with Gasteiger partial charge < -0.3 is 45.1 Å². The minimum Gasteiger partial charge on any atom is -0.454 e. The maximum absolute atomic E-state index is 13.4. The van der Waals surface area contributed by atoms with E-state index in [1.165, 1.54) is 225 Å². The van der Waals surface area contributed by atoms with Crippen molar-refractivity contribution in [3.63, 3.8) is 0 Å². The van der Waals surface area contributed by atoms with Gasteiger partial charge >= 0.3 is 5.97 Å². The van der Waals surface area contributed by atoms with Gasteiger partial charge in [0, 0.05) is 6.42 Å². The van der Waals surface area contributed by atoms with Crippen LogP contribution in [0.3, 0.4) is 0 Å². The first-order valence-electron chi connectivity index (χ1n) is 35.3. The number of allylic oxidation sites excluding steroid dienone is 5. The maximum Gasteiger partial charge on any atom is 0.306 e. The highest BCUT2D eigenvalue weighted by atomic mass is 16.7. The van der Waals surface area contributed by atoms with E-state index in [1.54, 1.807) is 6.08 Å². The molecular weight excluding hydrogens is 1030 g/mol. The number of ether oxygens (including phenoxy) is 3. The Balaban J connectivity index is 2.55. The van der Waals surface area contributed by atoms with Gasteiger partial charge in [-0.1, -0.05) is 295 Å². The molecule has 0 aromatic heterocycles. The number of amides is 1. The number of rotatable bonds is 61. The lowest BCUT2D eigenvalue weighted by atomic mass is 9.99. The average molecular weight is 1160 g/mol. The monoisotopic (exact) mass is 1160 g/mol. The van der Waals surface area contributed by atoms with Gasteiger partial charge in [0.2, 0.25) is 5.91 Å². The number of hydrogen-bond donors (Lipinski definition) is 6. The summed E-state index contributed by atoms with van der Waals surface area (Å²) in [5.41, 5.74) is 0. The van der Waals surface area contributed by atoms with Crippen molar-refractivity contribution in [2.24, 2.45) is 0 Å². The standard InChI is InChI=1S/C71H133NO10/c1-4-7-10-13-16-19-22-25-27-29-30-31-32-33-34-35-36-37-39-41-44-47-50-53-56-59-66(76)82-69-68(78)67(77)65(60-73)81-71(69)80-61-62(63(74)57-54-51-48-45-42-24-21-18-15-12-9-6-3)72-70(79)64(75)58-55-52-49-46-43-40-38-28-26-23-20-17-14-11-8-5-2/h25-28,54,57,62-65,67-69,71,73-75,77-78H,4-24,29-53,55-56,58-61H2,1-3H3,(H,72,79)/b27-25+,28-26+,57-54+. The summed E-state index contributed by atoms with van der Waals surface area (Å²) in [6, 6.07) is -1.02. The summed E-state index contributed by atoms with van der Waals surface area (Å²) in [6.45, 7) is 5.82. The van der Waals surface area contributed by atoms with Crippen LogP contribution >= 0.6 is 0 Å². The molecule has 1 heterocycles. The third-order valence-corrected chi connectivity index (χ3v) is 16.8. The number of hydrogen-bond acceptors (Lipinski definition) is 10. The number of aliphatic hydroxyl groups excluding tert-OH is 5. The lowest BCUT2D eigenvalue weighted by Gasteiger charge is -2.41. The van der Waals surface area contributed by atoms with Gasteiger partial charge in [0.1, 0.15) is 24.4 Å². The Bertz CT molecular complexity index is 1470. The molecule has 11 heteroatoms. The number of nitrogens with one attached hydrogen (secondary N) is 1. The zero-order valence-corrected chi connectivity index (χ0v) is 53.6. The van der Waals surface area contributed by atoms with Crippen LogP contribution in [0.15, 0.2) is 36.5 Å². The van der Waals surface area contributed by atoms with Gasteiger partial charge in [0.15, 0.2) is 12.4 Å². The SMILES string of the molecule is CCCCCCCC/C=C/CCCCCCCCCCCCCCCCCC(=O)OC1C(OCC(NC(=O)C(O)CCCCCCCC/C=C/CCCCCCCC)C(O)/C=C/CCCCCCCCCCCC)OC(CO)C(O)C1O. The molecule has 11 nitrogen and oxygen atoms in total. The van der Waals surface area contributed by atoms with Crippen molar-refractivity contribution in [3.8, 4) is 0 Å². The Morgan fingerprint density at radius 2 is 0.805 bits per heavy atom. The number of aliphatic hydroxyl groups is 5. The third kappa shape index (κ3) is 46.1. The molecule has 1 aliphatic heterocycles. The minimum absolute atomic E-state index is 0.127. The van der Waals surface area contributed by atoms with Crippen LogP contribution in [0.1, 0.15) is 342 Å². The summed E-state index contributed by atoms with van der Waals surface area (Å²) >= 11 is 0. The summed E-state index contributed by atoms with van der Waals surface area (Å²) in [7, 11) is 0. The van der Waals surface area contributed by atoms with E-state index in [9.17, 15) is 35.1 Å². The first-order valence-corrected chi connectivity index (χ1v) is 35.3. The van der Waals surface area contributed by atoms with E-state index >= 15 is 0 Å². The molecule has 0 saturated carbocycles. The summed E-state index contributed by atoms with van der Waals surface area (Å²) in [6.07, 6.45) is 61.9. The largest absolute Gasteiger partial charge is 0.454 e. The normalized spacial score (nSPS) is 18.8. The molecule has 6 N–H and O–H groups in total. The highest BCUT2D eigenvalue weighted by Gasteiger charge is 2.47. The lowest BCUT2D eigenvalue weighted by Crippen LogP contribution is -2.61. The van der Waals surface area contributed by atoms with Crippen molar-refractivity contribution in [2.45, 2.75) is 391 Å². The number of carbonyl (C=O) groups excluding carboxylic acids is 2. The van der Waals surface area contributed by atoms with Crippen molar-refractivity contribution in [1.29, 1.82) is 0 Å². The smallest absolute Gasteiger partial charge is 0.306 e. The number of carbonyl (C=O) groups is 2. The fourth-order valence-corrected chi connectivity index (χ4v) is 11.2. The van der Waals surface area contributed by atoms with Crippen LogP contribution in [-0.4, -0.2) is 99.6 Å². The van der Waals surface area contributed by atoms with Gasteiger partial charge in [-0.05, 0) is 77.0 Å². The Kier molecular flexibility index (Phi) is 56.3. The first-order chi connectivity index (χ1) is 40.2. The zero-order chi connectivity index (χ0) is 59.6. The molecule has 0 bridgehead atoms. The Morgan fingerprint density at radius 3 is 1.18 bits per heavy atom. The molecule has 8 unspecified atom stereocenters. The van der Waals surface area contributed by atoms with Crippen LogP contribution in [0, 0.1) is 0 Å². The van der Waals surface area contributed by atoms with Crippen molar-refractivity contribution < 1.29 is 49.3 Å². The van der Waals surface area contributed by atoms with E-state index < -0.39 is 67.4 Å². The van der Waals surface area contributed by atoms with Crippen LogP contribution in [-0.2, 0) is 23.8 Å². The molecule has 8 atom stereocenters. The van der Waals surface area contributed by atoms with Crippen LogP contribution in [0.2, 0.25) is 0 Å². The minimum atomic E-state index is -1.61. The van der Waals surface area contributed by atoms with Crippen molar-refractivity contribution >= 4 is 11.9 Å². The average Bonchev–Trinajstić information content (AvgIpc) is 3.56. The zero-order valence-electron chi connectivity index (χ0n) is 53.6. The van der Waals surface area contributed by atoms with E-state index in [-0.39, 0.29) is 19.4 Å². The second-order valence-electron chi connectivity index (χ2n) is 24.6. The topological polar surface area (TPSA) is 175 Å². The predicted octanol–water partition coefficient (Wildman–Crippen LogP) is 17.8. The van der Waals surface area contributed by atoms with Crippen molar-refractivity contribution in [1.82, 2.24) is 5.32 Å². The van der Waals surface area contributed by atoms with Gasteiger partial charge in [-0.15, -0.1) is 0 Å². The van der Waals surface area contributed by atoms with E-state index in [0.29, 0.717) is 12.8 Å². The Hall–Kier alpha value is -2.12. The van der Waals surface area contributed by atoms with Gasteiger partial charge in [0.05, 0.1) is 25.4 Å². The summed E-state index contributed by atoms with van der Waals surface area (Å²) in [5, 5.41) is 57.2.